The van der Waals surface area contributed by atoms with E-state index in [0.29, 0.717) is 0 Å². The van der Waals surface area contributed by atoms with E-state index in [2.05, 4.69) is 5.10 Å². The molecule has 14 heavy (non-hydrogen) atoms. The van der Waals surface area contributed by atoms with Gasteiger partial charge in [0.1, 0.15) is 12.4 Å². The first-order valence-corrected chi connectivity index (χ1v) is 4.04. The quantitative estimate of drug-likeness (QED) is 0.543. The van der Waals surface area contributed by atoms with E-state index in [4.69, 9.17) is 0 Å². The van der Waals surface area contributed by atoms with Crippen LogP contribution in [0.1, 0.15) is 18.9 Å². The van der Waals surface area contributed by atoms with Gasteiger partial charge in [0.15, 0.2) is 0 Å². The third-order valence-electron chi connectivity index (χ3n) is 2.24. The van der Waals surface area contributed by atoms with Gasteiger partial charge in [0, 0.05) is 12.8 Å². The summed E-state index contributed by atoms with van der Waals surface area (Å²) in [4.78, 5) is 9.68. The minimum absolute atomic E-state index is 0.166. The summed E-state index contributed by atoms with van der Waals surface area (Å²) in [7, 11) is 0. The maximum absolute atomic E-state index is 12.5. The van der Waals surface area contributed by atoms with E-state index in [1.165, 1.54) is 10.9 Å². The van der Waals surface area contributed by atoms with Crippen LogP contribution in [-0.2, 0) is 0 Å². The molecule has 2 rings (SSSR count). The first-order chi connectivity index (χ1) is 6.48. The van der Waals surface area contributed by atoms with Crippen molar-refractivity contribution in [3.05, 3.63) is 22.5 Å². The van der Waals surface area contributed by atoms with Gasteiger partial charge in [0.25, 0.3) is 5.92 Å². The molecule has 1 aromatic heterocycles. The zero-order chi connectivity index (χ0) is 10.3. The van der Waals surface area contributed by atoms with Crippen molar-refractivity contribution in [1.29, 1.82) is 0 Å². The van der Waals surface area contributed by atoms with Crippen LogP contribution in [-0.4, -0.2) is 20.6 Å². The highest BCUT2D eigenvalue weighted by atomic mass is 19.3. The Labute approximate surface area is 77.5 Å². The lowest BCUT2D eigenvalue weighted by atomic mass is 9.88. The normalized spacial score (nSPS) is 20.4. The van der Waals surface area contributed by atoms with Crippen molar-refractivity contribution < 1.29 is 13.7 Å². The summed E-state index contributed by atoms with van der Waals surface area (Å²) in [6.07, 6.45) is 1.67. The maximum Gasteiger partial charge on any atom is 0.307 e. The monoisotopic (exact) mass is 203 g/mol. The fourth-order valence-corrected chi connectivity index (χ4v) is 1.44. The van der Waals surface area contributed by atoms with Crippen molar-refractivity contribution in [2.24, 2.45) is 0 Å². The lowest BCUT2D eigenvalue weighted by Crippen LogP contribution is -2.37. The van der Waals surface area contributed by atoms with Gasteiger partial charge in [0.2, 0.25) is 0 Å². The Morgan fingerprint density at radius 1 is 1.64 bits per heavy atom. The molecule has 76 valence electrons. The Morgan fingerprint density at radius 2 is 2.29 bits per heavy atom. The lowest BCUT2D eigenvalue weighted by Gasteiger charge is -2.34. The number of nitrogens with zero attached hydrogens (tertiary/aromatic N) is 3. The zero-order valence-electron chi connectivity index (χ0n) is 7.06. The Kier molecular flexibility index (Phi) is 1.76. The fourth-order valence-electron chi connectivity index (χ4n) is 1.44. The number of hydrogen-bond donors (Lipinski definition) is 0. The summed E-state index contributed by atoms with van der Waals surface area (Å²) < 4.78 is 26.2. The molecule has 0 unspecified atom stereocenters. The molecule has 0 spiro atoms. The van der Waals surface area contributed by atoms with Gasteiger partial charge < -0.3 is 0 Å². The number of nitro groups is 1. The molecule has 0 aromatic carbocycles. The van der Waals surface area contributed by atoms with E-state index in [1.807, 2.05) is 0 Å². The van der Waals surface area contributed by atoms with Crippen molar-refractivity contribution in [3.63, 3.8) is 0 Å². The standard InChI is InChI=1S/C7H7F2N3O2/c8-7(9)1-5(2-7)11-4-6(3-10-11)12(13)14/h3-5H,1-2H2. The van der Waals surface area contributed by atoms with E-state index in [1.54, 1.807) is 0 Å². The molecule has 0 saturated heterocycles. The van der Waals surface area contributed by atoms with Crippen LogP contribution in [0.3, 0.4) is 0 Å². The van der Waals surface area contributed by atoms with Gasteiger partial charge in [-0.25, -0.2) is 8.78 Å². The molecule has 1 fully saturated rings. The zero-order valence-corrected chi connectivity index (χ0v) is 7.06. The Hall–Kier alpha value is -1.53. The van der Waals surface area contributed by atoms with Gasteiger partial charge in [-0.1, -0.05) is 0 Å². The molecule has 1 heterocycles. The molecule has 5 nitrogen and oxygen atoms in total. The van der Waals surface area contributed by atoms with Gasteiger partial charge in [0.05, 0.1) is 11.0 Å². The molecule has 0 N–H and O–H groups in total. The number of aromatic nitrogens is 2. The molecule has 0 bridgehead atoms. The van der Waals surface area contributed by atoms with Crippen molar-refractivity contribution in [2.45, 2.75) is 24.8 Å². The predicted molar refractivity (Wildman–Crippen MR) is 42.1 cm³/mol. The molecular weight excluding hydrogens is 196 g/mol. The van der Waals surface area contributed by atoms with Crippen LogP contribution in [0.4, 0.5) is 14.5 Å². The first-order valence-electron chi connectivity index (χ1n) is 4.04. The van der Waals surface area contributed by atoms with Crippen LogP contribution < -0.4 is 0 Å². The average Bonchev–Trinajstić information content (AvgIpc) is 2.47. The molecule has 0 amide bonds. The summed E-state index contributed by atoms with van der Waals surface area (Å²) in [5.41, 5.74) is -0.166. The molecule has 1 aromatic rings. The van der Waals surface area contributed by atoms with Crippen LogP contribution in [0, 0.1) is 10.1 Å². The van der Waals surface area contributed by atoms with E-state index in [-0.39, 0.29) is 18.5 Å². The highest BCUT2D eigenvalue weighted by Crippen LogP contribution is 2.45. The summed E-state index contributed by atoms with van der Waals surface area (Å²) >= 11 is 0. The van der Waals surface area contributed by atoms with E-state index in [9.17, 15) is 18.9 Å². The second-order valence-electron chi connectivity index (χ2n) is 3.35. The number of rotatable bonds is 2. The summed E-state index contributed by atoms with van der Waals surface area (Å²) in [5, 5.41) is 13.9. The second kappa shape index (κ2) is 2.73. The third-order valence-corrected chi connectivity index (χ3v) is 2.24. The van der Waals surface area contributed by atoms with Crippen LogP contribution in [0.25, 0.3) is 0 Å². The van der Waals surface area contributed by atoms with Gasteiger partial charge in [-0.3, -0.25) is 14.8 Å². The second-order valence-corrected chi connectivity index (χ2v) is 3.35. The third kappa shape index (κ3) is 1.45. The first kappa shape index (κ1) is 9.04. The Bertz CT molecular complexity index is 369. The summed E-state index contributed by atoms with van der Waals surface area (Å²) in [5.74, 6) is -2.63. The van der Waals surface area contributed by atoms with Crippen molar-refractivity contribution >= 4 is 5.69 Å². The fraction of sp³-hybridized carbons (Fsp3) is 0.571. The van der Waals surface area contributed by atoms with Gasteiger partial charge >= 0.3 is 5.69 Å². The smallest absolute Gasteiger partial charge is 0.262 e. The topological polar surface area (TPSA) is 61.0 Å². The molecule has 7 heteroatoms. The highest BCUT2D eigenvalue weighted by Gasteiger charge is 2.46. The maximum atomic E-state index is 12.5. The molecule has 1 aliphatic rings. The van der Waals surface area contributed by atoms with E-state index >= 15 is 0 Å². The molecule has 1 aliphatic carbocycles. The van der Waals surface area contributed by atoms with Gasteiger partial charge in [-0.2, -0.15) is 5.10 Å². The van der Waals surface area contributed by atoms with Gasteiger partial charge in [-0.05, 0) is 0 Å². The van der Waals surface area contributed by atoms with Crippen LogP contribution in [0.5, 0.6) is 0 Å². The Balaban J connectivity index is 2.08. The highest BCUT2D eigenvalue weighted by molar-refractivity contribution is 5.21. The number of halogens is 2. The molecule has 0 aliphatic heterocycles. The molecular formula is C7H7F2N3O2. The molecule has 0 atom stereocenters. The number of alkyl halides is 2. The predicted octanol–water partition coefficient (Wildman–Crippen LogP) is 1.76. The van der Waals surface area contributed by atoms with Gasteiger partial charge in [-0.15, -0.1) is 0 Å². The SMILES string of the molecule is O=[N+]([O-])c1cnn(C2CC(F)(F)C2)c1. The lowest BCUT2D eigenvalue weighted by molar-refractivity contribution is -0.385. The van der Waals surface area contributed by atoms with Crippen LogP contribution in [0.15, 0.2) is 12.4 Å². The summed E-state index contributed by atoms with van der Waals surface area (Å²) in [6.45, 7) is 0. The summed E-state index contributed by atoms with van der Waals surface area (Å²) in [6, 6.07) is -0.404. The van der Waals surface area contributed by atoms with E-state index < -0.39 is 16.9 Å². The van der Waals surface area contributed by atoms with Crippen molar-refractivity contribution in [1.82, 2.24) is 9.78 Å². The average molecular weight is 203 g/mol. The minimum Gasteiger partial charge on any atom is -0.262 e. The van der Waals surface area contributed by atoms with Crippen molar-refractivity contribution in [2.75, 3.05) is 0 Å². The largest absolute Gasteiger partial charge is 0.307 e. The minimum atomic E-state index is -2.63. The van der Waals surface area contributed by atoms with Crippen LogP contribution >= 0.6 is 0 Å². The van der Waals surface area contributed by atoms with Crippen molar-refractivity contribution in [3.8, 4) is 0 Å². The Morgan fingerprint density at radius 3 is 2.71 bits per heavy atom. The molecule has 1 saturated carbocycles. The number of hydrogen-bond acceptors (Lipinski definition) is 3. The van der Waals surface area contributed by atoms with E-state index in [0.717, 1.165) is 6.20 Å². The van der Waals surface area contributed by atoms with Crippen LogP contribution in [0.2, 0.25) is 0 Å². The molecule has 0 radical (unpaired) electrons.